The molecule has 2 nitrogen and oxygen atoms in total. The molecular formula is C19H22ClFO2. The van der Waals surface area contributed by atoms with Crippen LogP contribution in [-0.2, 0) is 11.2 Å². The summed E-state index contributed by atoms with van der Waals surface area (Å²) in [6, 6.07) is 1.51. The van der Waals surface area contributed by atoms with Crippen LogP contribution in [0, 0.1) is 11.2 Å². The number of fused-ring (bicyclic) bond motifs is 3. The summed E-state index contributed by atoms with van der Waals surface area (Å²) in [5, 5.41) is 0.362. The number of allylic oxidation sites excluding steroid dienone is 2. The van der Waals surface area contributed by atoms with E-state index in [1.165, 1.54) is 13.2 Å². The Labute approximate surface area is 141 Å². The number of methoxy groups -OCH3 is 1. The normalized spacial score (nSPS) is 23.1. The molecule has 0 saturated carbocycles. The zero-order valence-corrected chi connectivity index (χ0v) is 14.6. The van der Waals surface area contributed by atoms with Crippen molar-refractivity contribution >= 4 is 23.0 Å². The zero-order chi connectivity index (χ0) is 16.8. The molecule has 0 aliphatic heterocycles. The number of halogens is 2. The highest BCUT2D eigenvalue weighted by Crippen LogP contribution is 2.58. The van der Waals surface area contributed by atoms with E-state index in [1.807, 2.05) is 6.92 Å². The molecule has 3 rings (SSSR count). The van der Waals surface area contributed by atoms with E-state index in [0.29, 0.717) is 11.4 Å². The van der Waals surface area contributed by atoms with Gasteiger partial charge in [0.2, 0.25) is 0 Å². The van der Waals surface area contributed by atoms with Crippen molar-refractivity contribution in [2.24, 2.45) is 5.41 Å². The van der Waals surface area contributed by atoms with E-state index in [4.69, 9.17) is 16.3 Å². The lowest BCUT2D eigenvalue weighted by Crippen LogP contribution is -2.28. The minimum absolute atomic E-state index is 0.0707. The molecule has 124 valence electrons. The lowest BCUT2D eigenvalue weighted by atomic mass is 9.67. The third-order valence-electron chi connectivity index (χ3n) is 5.43. The van der Waals surface area contributed by atoms with Gasteiger partial charge in [0, 0.05) is 11.8 Å². The Balaban J connectivity index is 2.23. The molecule has 0 fully saturated rings. The van der Waals surface area contributed by atoms with Gasteiger partial charge in [-0.15, -0.1) is 0 Å². The summed E-state index contributed by atoms with van der Waals surface area (Å²) in [5.74, 6) is -0.174. The lowest BCUT2D eigenvalue weighted by Gasteiger charge is -2.36. The largest absolute Gasteiger partial charge is 0.492 e. The Bertz CT molecular complexity index is 708. The predicted molar refractivity (Wildman–Crippen MR) is 90.5 cm³/mol. The molecule has 0 saturated heterocycles. The summed E-state index contributed by atoms with van der Waals surface area (Å²) >= 11 is 6.43. The van der Waals surface area contributed by atoms with E-state index in [0.717, 1.165) is 54.4 Å². The highest BCUT2D eigenvalue weighted by molar-refractivity contribution is 6.33. The van der Waals surface area contributed by atoms with Crippen molar-refractivity contribution in [3.05, 3.63) is 33.6 Å². The van der Waals surface area contributed by atoms with Crippen LogP contribution in [-0.4, -0.2) is 12.9 Å². The van der Waals surface area contributed by atoms with Gasteiger partial charge in [0.1, 0.15) is 0 Å². The van der Waals surface area contributed by atoms with Crippen LogP contribution < -0.4 is 4.74 Å². The molecule has 1 unspecified atom stereocenters. The monoisotopic (exact) mass is 336 g/mol. The maximum atomic E-state index is 14.3. The van der Waals surface area contributed by atoms with E-state index >= 15 is 0 Å². The molecule has 0 bridgehead atoms. The van der Waals surface area contributed by atoms with Crippen LogP contribution in [0.25, 0.3) is 5.57 Å². The van der Waals surface area contributed by atoms with Crippen LogP contribution in [0.4, 0.5) is 4.39 Å². The Morgan fingerprint density at radius 1 is 1.43 bits per heavy atom. The fourth-order valence-corrected chi connectivity index (χ4v) is 4.62. The van der Waals surface area contributed by atoms with Crippen LogP contribution in [0.2, 0.25) is 5.02 Å². The summed E-state index contributed by atoms with van der Waals surface area (Å²) in [5.41, 5.74) is 3.49. The standard InChI is InChI=1S/C19H22ClFO2/c1-4-5-7-19-8-6-15(22)11(2)16(19)12-9-14(21)18(23-3)17(20)13(12)10-19/h9H,4-8,10H2,1-3H3. The van der Waals surface area contributed by atoms with Crippen molar-refractivity contribution in [2.45, 2.75) is 52.4 Å². The highest BCUT2D eigenvalue weighted by atomic mass is 35.5. The molecule has 1 atom stereocenters. The molecule has 4 heteroatoms. The van der Waals surface area contributed by atoms with Crippen LogP contribution >= 0.6 is 11.6 Å². The second-order valence-electron chi connectivity index (χ2n) is 6.72. The van der Waals surface area contributed by atoms with Crippen LogP contribution in [0.15, 0.2) is 11.6 Å². The van der Waals surface area contributed by atoms with E-state index < -0.39 is 5.82 Å². The number of benzene rings is 1. The van der Waals surface area contributed by atoms with Crippen molar-refractivity contribution in [3.63, 3.8) is 0 Å². The first-order chi connectivity index (χ1) is 10.9. The number of Topliss-reactive ketones (excluding diaryl/α,β-unsaturated/α-hetero) is 1. The number of rotatable bonds is 4. The molecule has 0 N–H and O–H groups in total. The zero-order valence-electron chi connectivity index (χ0n) is 13.9. The van der Waals surface area contributed by atoms with Gasteiger partial charge in [-0.25, -0.2) is 4.39 Å². The Morgan fingerprint density at radius 2 is 2.17 bits per heavy atom. The molecule has 0 radical (unpaired) electrons. The third-order valence-corrected chi connectivity index (χ3v) is 5.83. The number of ketones is 1. The van der Waals surface area contributed by atoms with Crippen molar-refractivity contribution in [1.82, 2.24) is 0 Å². The van der Waals surface area contributed by atoms with Crippen molar-refractivity contribution in [1.29, 1.82) is 0 Å². The first-order valence-corrected chi connectivity index (χ1v) is 8.62. The summed E-state index contributed by atoms with van der Waals surface area (Å²) < 4.78 is 19.5. The number of carbonyl (C=O) groups is 1. The molecule has 0 amide bonds. The van der Waals surface area contributed by atoms with Crippen molar-refractivity contribution in [3.8, 4) is 5.75 Å². The summed E-state index contributed by atoms with van der Waals surface area (Å²) in [4.78, 5) is 12.2. The molecule has 0 heterocycles. The SMILES string of the molecule is CCCCC12CCC(=O)C(C)=C1c1cc(F)c(OC)c(Cl)c1C2. The molecule has 23 heavy (non-hydrogen) atoms. The van der Waals surface area contributed by atoms with Gasteiger partial charge in [0.25, 0.3) is 0 Å². The van der Waals surface area contributed by atoms with Gasteiger partial charge in [0.05, 0.1) is 12.1 Å². The number of ether oxygens (including phenoxy) is 1. The third kappa shape index (κ3) is 2.40. The van der Waals surface area contributed by atoms with Crippen LogP contribution in [0.5, 0.6) is 5.75 Å². The number of hydrogen-bond donors (Lipinski definition) is 0. The van der Waals surface area contributed by atoms with E-state index in [1.54, 1.807) is 0 Å². The fourth-order valence-electron chi connectivity index (χ4n) is 4.28. The molecule has 1 aromatic carbocycles. The quantitative estimate of drug-likeness (QED) is 0.740. The second kappa shape index (κ2) is 5.94. The number of unbranched alkanes of at least 4 members (excludes halogenated alkanes) is 1. The topological polar surface area (TPSA) is 26.3 Å². The van der Waals surface area contributed by atoms with E-state index in [2.05, 4.69) is 6.92 Å². The second-order valence-corrected chi connectivity index (χ2v) is 7.09. The van der Waals surface area contributed by atoms with E-state index in [-0.39, 0.29) is 16.9 Å². The number of carbonyl (C=O) groups excluding carboxylic acids is 1. The Morgan fingerprint density at radius 3 is 2.83 bits per heavy atom. The molecule has 1 aromatic rings. The minimum atomic E-state index is -0.458. The summed E-state index contributed by atoms with van der Waals surface area (Å²) in [6.45, 7) is 4.04. The van der Waals surface area contributed by atoms with Crippen LogP contribution in [0.1, 0.15) is 57.1 Å². The fraction of sp³-hybridized carbons (Fsp3) is 0.526. The minimum Gasteiger partial charge on any atom is -0.492 e. The Kier molecular flexibility index (Phi) is 4.26. The maximum Gasteiger partial charge on any atom is 0.173 e. The average molecular weight is 337 g/mol. The molecule has 2 aliphatic carbocycles. The first-order valence-electron chi connectivity index (χ1n) is 8.25. The number of hydrogen-bond acceptors (Lipinski definition) is 2. The summed E-state index contributed by atoms with van der Waals surface area (Å²) in [7, 11) is 1.43. The van der Waals surface area contributed by atoms with Crippen molar-refractivity contribution < 1.29 is 13.9 Å². The van der Waals surface area contributed by atoms with Gasteiger partial charge in [-0.1, -0.05) is 31.4 Å². The maximum absolute atomic E-state index is 14.3. The smallest absolute Gasteiger partial charge is 0.173 e. The van der Waals surface area contributed by atoms with E-state index in [9.17, 15) is 9.18 Å². The highest BCUT2D eigenvalue weighted by Gasteiger charge is 2.47. The first kappa shape index (κ1) is 16.5. The molecular weight excluding hydrogens is 315 g/mol. The van der Waals surface area contributed by atoms with Crippen molar-refractivity contribution in [2.75, 3.05) is 7.11 Å². The molecule has 2 aliphatic rings. The molecule has 0 aromatic heterocycles. The van der Waals surface area contributed by atoms with Gasteiger partial charge in [-0.05, 0) is 54.5 Å². The van der Waals surface area contributed by atoms with Gasteiger partial charge in [0.15, 0.2) is 17.3 Å². The predicted octanol–water partition coefficient (Wildman–Crippen LogP) is 5.36. The van der Waals surface area contributed by atoms with Gasteiger partial charge < -0.3 is 4.74 Å². The lowest BCUT2D eigenvalue weighted by molar-refractivity contribution is -0.116. The van der Waals surface area contributed by atoms with Gasteiger partial charge >= 0.3 is 0 Å². The van der Waals surface area contributed by atoms with Crippen LogP contribution in [0.3, 0.4) is 0 Å². The summed E-state index contributed by atoms with van der Waals surface area (Å²) in [6.07, 6.45) is 5.38. The van der Waals surface area contributed by atoms with Gasteiger partial charge in [-0.3, -0.25) is 4.79 Å². The Hall–Kier alpha value is -1.35. The molecule has 0 spiro atoms. The average Bonchev–Trinajstić information content (AvgIpc) is 2.85. The van der Waals surface area contributed by atoms with Gasteiger partial charge in [-0.2, -0.15) is 0 Å².